The van der Waals surface area contributed by atoms with E-state index in [0.29, 0.717) is 22.4 Å². The fourth-order valence-corrected chi connectivity index (χ4v) is 3.67. The number of hydrogen-bond acceptors (Lipinski definition) is 3. The zero-order valence-electron chi connectivity index (χ0n) is 12.1. The van der Waals surface area contributed by atoms with E-state index in [1.165, 1.54) is 12.1 Å². The van der Waals surface area contributed by atoms with Gasteiger partial charge in [-0.1, -0.05) is 12.1 Å². The van der Waals surface area contributed by atoms with E-state index in [1.54, 1.807) is 32.9 Å². The maximum Gasteiger partial charge on any atom is 0.262 e. The number of nitrogen functional groups attached to an aromatic ring is 1. The number of anilines is 2. The van der Waals surface area contributed by atoms with Crippen molar-refractivity contribution in [3.63, 3.8) is 0 Å². The van der Waals surface area contributed by atoms with Crippen LogP contribution in [0.5, 0.6) is 0 Å². The molecule has 2 aromatic rings. The van der Waals surface area contributed by atoms with Crippen molar-refractivity contribution in [3.05, 3.63) is 52.8 Å². The van der Waals surface area contributed by atoms with Gasteiger partial charge < -0.3 is 5.73 Å². The van der Waals surface area contributed by atoms with Crippen molar-refractivity contribution in [1.82, 2.24) is 0 Å². The van der Waals surface area contributed by atoms with Gasteiger partial charge in [-0.15, -0.1) is 0 Å². The van der Waals surface area contributed by atoms with Crippen LogP contribution in [0.4, 0.5) is 15.8 Å². The van der Waals surface area contributed by atoms with Gasteiger partial charge in [-0.3, -0.25) is 4.72 Å². The van der Waals surface area contributed by atoms with E-state index in [0.717, 1.165) is 6.07 Å². The van der Waals surface area contributed by atoms with E-state index < -0.39 is 15.8 Å². The van der Waals surface area contributed by atoms with Gasteiger partial charge in [-0.2, -0.15) is 0 Å². The molecule has 6 heteroatoms. The third-order valence-corrected chi connectivity index (χ3v) is 5.01. The molecule has 0 saturated heterocycles. The van der Waals surface area contributed by atoms with Gasteiger partial charge in [0.25, 0.3) is 10.0 Å². The van der Waals surface area contributed by atoms with E-state index in [4.69, 9.17) is 5.73 Å². The summed E-state index contributed by atoms with van der Waals surface area (Å²) in [5.41, 5.74) is 7.87. The first-order chi connectivity index (χ1) is 9.72. The average molecular weight is 308 g/mol. The third kappa shape index (κ3) is 3.00. The monoisotopic (exact) mass is 308 g/mol. The first kappa shape index (κ1) is 15.3. The Morgan fingerprint density at radius 3 is 2.29 bits per heavy atom. The summed E-state index contributed by atoms with van der Waals surface area (Å²) in [5, 5.41) is 0. The summed E-state index contributed by atoms with van der Waals surface area (Å²) in [7, 11) is -3.82. The van der Waals surface area contributed by atoms with Crippen molar-refractivity contribution in [2.45, 2.75) is 25.7 Å². The van der Waals surface area contributed by atoms with Crippen LogP contribution in [-0.4, -0.2) is 8.42 Å². The molecule has 0 heterocycles. The highest BCUT2D eigenvalue weighted by molar-refractivity contribution is 7.92. The minimum atomic E-state index is -3.82. The summed E-state index contributed by atoms with van der Waals surface area (Å²) in [5.74, 6) is -0.462. The quantitative estimate of drug-likeness (QED) is 0.856. The lowest BCUT2D eigenvalue weighted by molar-refractivity contribution is 0.600. The highest BCUT2D eigenvalue weighted by Crippen LogP contribution is 2.27. The van der Waals surface area contributed by atoms with Gasteiger partial charge >= 0.3 is 0 Å². The molecule has 2 rings (SSSR count). The molecule has 21 heavy (non-hydrogen) atoms. The molecule has 0 aromatic heterocycles. The summed E-state index contributed by atoms with van der Waals surface area (Å²) in [6.07, 6.45) is 0. The molecule has 0 radical (unpaired) electrons. The van der Waals surface area contributed by atoms with Gasteiger partial charge in [0.05, 0.1) is 10.6 Å². The van der Waals surface area contributed by atoms with Crippen LogP contribution in [0.1, 0.15) is 16.7 Å². The lowest BCUT2D eigenvalue weighted by atomic mass is 10.1. The second-order valence-corrected chi connectivity index (χ2v) is 6.61. The van der Waals surface area contributed by atoms with Crippen LogP contribution in [0.25, 0.3) is 0 Å². The average Bonchev–Trinajstić information content (AvgIpc) is 2.38. The van der Waals surface area contributed by atoms with Crippen LogP contribution in [0, 0.1) is 26.6 Å². The molecular weight excluding hydrogens is 291 g/mol. The predicted molar refractivity (Wildman–Crippen MR) is 82.3 cm³/mol. The molecule has 0 aliphatic rings. The van der Waals surface area contributed by atoms with Crippen LogP contribution in [-0.2, 0) is 10.0 Å². The van der Waals surface area contributed by atoms with Crippen molar-refractivity contribution in [2.75, 3.05) is 10.5 Å². The molecule has 4 nitrogen and oxygen atoms in total. The maximum atomic E-state index is 13.5. The van der Waals surface area contributed by atoms with E-state index in [2.05, 4.69) is 4.72 Å². The highest BCUT2D eigenvalue weighted by atomic mass is 32.2. The number of halogens is 1. The van der Waals surface area contributed by atoms with Crippen molar-refractivity contribution >= 4 is 21.4 Å². The van der Waals surface area contributed by atoms with E-state index in [1.807, 2.05) is 0 Å². The number of aryl methyl sites for hydroxylation is 2. The van der Waals surface area contributed by atoms with E-state index in [-0.39, 0.29) is 10.6 Å². The smallest absolute Gasteiger partial charge is 0.262 e. The van der Waals surface area contributed by atoms with Crippen molar-refractivity contribution in [2.24, 2.45) is 0 Å². The Morgan fingerprint density at radius 2 is 1.67 bits per heavy atom. The standard InChI is InChI=1S/C15H17FN2O2S/c1-9-4-6-12(8-13(9)16)18-21(19,20)15-10(2)5-7-14(17)11(15)3/h4-8,18H,17H2,1-3H3. The Labute approximate surface area is 123 Å². The van der Waals surface area contributed by atoms with Crippen LogP contribution in [0.3, 0.4) is 0 Å². The number of nitrogens with two attached hydrogens (primary N) is 1. The Morgan fingerprint density at radius 1 is 1.05 bits per heavy atom. The topological polar surface area (TPSA) is 72.2 Å². The van der Waals surface area contributed by atoms with Crippen LogP contribution in [0.15, 0.2) is 35.2 Å². The number of hydrogen-bond donors (Lipinski definition) is 2. The summed E-state index contributed by atoms with van der Waals surface area (Å²) >= 11 is 0. The zero-order chi connectivity index (χ0) is 15.8. The number of rotatable bonds is 3. The molecule has 0 spiro atoms. The van der Waals surface area contributed by atoms with E-state index >= 15 is 0 Å². The van der Waals surface area contributed by atoms with Gasteiger partial charge in [0.15, 0.2) is 0 Å². The second kappa shape index (κ2) is 5.37. The van der Waals surface area contributed by atoms with Gasteiger partial charge in [0.2, 0.25) is 0 Å². The summed E-state index contributed by atoms with van der Waals surface area (Å²) in [6.45, 7) is 4.95. The molecule has 0 bridgehead atoms. The largest absolute Gasteiger partial charge is 0.398 e. The highest BCUT2D eigenvalue weighted by Gasteiger charge is 2.21. The maximum absolute atomic E-state index is 13.5. The predicted octanol–water partition coefficient (Wildman–Crippen LogP) is 3.13. The molecule has 112 valence electrons. The molecule has 0 aliphatic carbocycles. The van der Waals surface area contributed by atoms with E-state index in [9.17, 15) is 12.8 Å². The van der Waals surface area contributed by atoms with Crippen LogP contribution < -0.4 is 10.5 Å². The molecule has 2 aromatic carbocycles. The fourth-order valence-electron chi connectivity index (χ4n) is 2.12. The molecule has 0 aliphatic heterocycles. The first-order valence-corrected chi connectivity index (χ1v) is 7.85. The van der Waals surface area contributed by atoms with Crippen molar-refractivity contribution in [1.29, 1.82) is 0 Å². The lowest BCUT2D eigenvalue weighted by Gasteiger charge is -2.14. The van der Waals surface area contributed by atoms with Crippen LogP contribution >= 0.6 is 0 Å². The number of sulfonamides is 1. The Balaban J connectivity index is 2.48. The van der Waals surface area contributed by atoms with Gasteiger partial charge in [0, 0.05) is 5.69 Å². The Hall–Kier alpha value is -2.08. The summed E-state index contributed by atoms with van der Waals surface area (Å²) in [6, 6.07) is 7.50. The van der Waals surface area contributed by atoms with Crippen molar-refractivity contribution < 1.29 is 12.8 Å². The minimum absolute atomic E-state index is 0.128. The fraction of sp³-hybridized carbons (Fsp3) is 0.200. The van der Waals surface area contributed by atoms with Crippen molar-refractivity contribution in [3.8, 4) is 0 Å². The van der Waals surface area contributed by atoms with Gasteiger partial charge in [-0.25, -0.2) is 12.8 Å². The zero-order valence-corrected chi connectivity index (χ0v) is 12.9. The minimum Gasteiger partial charge on any atom is -0.398 e. The molecule has 0 unspecified atom stereocenters. The SMILES string of the molecule is Cc1ccc(NS(=O)(=O)c2c(C)ccc(N)c2C)cc1F. The second-order valence-electron chi connectivity index (χ2n) is 5.00. The number of benzene rings is 2. The Bertz CT molecular complexity index is 802. The van der Waals surface area contributed by atoms with Gasteiger partial charge in [0.1, 0.15) is 5.82 Å². The van der Waals surface area contributed by atoms with Crippen LogP contribution in [0.2, 0.25) is 0 Å². The molecule has 0 atom stereocenters. The summed E-state index contributed by atoms with van der Waals surface area (Å²) in [4.78, 5) is 0.128. The first-order valence-electron chi connectivity index (χ1n) is 6.37. The normalized spacial score (nSPS) is 11.4. The molecule has 0 saturated carbocycles. The van der Waals surface area contributed by atoms with Gasteiger partial charge in [-0.05, 0) is 55.7 Å². The molecule has 3 N–H and O–H groups in total. The molecule has 0 fully saturated rings. The Kier molecular flexibility index (Phi) is 3.91. The number of nitrogens with one attached hydrogen (secondary N) is 1. The molecule has 0 amide bonds. The molecular formula is C15H17FN2O2S. The lowest BCUT2D eigenvalue weighted by Crippen LogP contribution is -2.16. The third-order valence-electron chi connectivity index (χ3n) is 3.34. The summed E-state index contributed by atoms with van der Waals surface area (Å²) < 4.78 is 40.9.